The Hall–Kier alpha value is -3.85. The minimum atomic E-state index is -2.82. The van der Waals surface area contributed by atoms with Crippen LogP contribution in [0.2, 0.25) is 0 Å². The van der Waals surface area contributed by atoms with Gasteiger partial charge in [0.25, 0.3) is 5.92 Å². The Kier molecular flexibility index (Phi) is 4.25. The van der Waals surface area contributed by atoms with Gasteiger partial charge in [0.2, 0.25) is 5.95 Å². The maximum Gasteiger partial charge on any atom is 0.328 e. The van der Waals surface area contributed by atoms with Gasteiger partial charge >= 0.3 is 5.69 Å². The van der Waals surface area contributed by atoms with E-state index in [-0.39, 0.29) is 23.5 Å². The second-order valence-electron chi connectivity index (χ2n) is 8.33. The first-order valence-corrected chi connectivity index (χ1v) is 10.5. The molecule has 0 bridgehead atoms. The van der Waals surface area contributed by atoms with Crippen molar-refractivity contribution >= 4 is 28.0 Å². The number of nitrogens with zero attached hydrogens (tertiary/aromatic N) is 7. The van der Waals surface area contributed by atoms with Gasteiger partial charge in [0.05, 0.1) is 35.8 Å². The van der Waals surface area contributed by atoms with E-state index in [0.29, 0.717) is 53.8 Å². The van der Waals surface area contributed by atoms with Crippen LogP contribution in [0.15, 0.2) is 29.3 Å². The Balaban J connectivity index is 1.58. The van der Waals surface area contributed by atoms with Crippen molar-refractivity contribution in [1.82, 2.24) is 29.1 Å². The van der Waals surface area contributed by atoms with Crippen molar-refractivity contribution < 1.29 is 13.5 Å². The molecule has 5 heterocycles. The first-order valence-electron chi connectivity index (χ1n) is 10.5. The van der Waals surface area contributed by atoms with Gasteiger partial charge in [-0.25, -0.2) is 18.6 Å². The third-order valence-electron chi connectivity index (χ3n) is 6.13. The molecule has 3 aromatic heterocycles. The Bertz CT molecular complexity index is 1480. The number of nitriles is 1. The zero-order chi connectivity index (χ0) is 22.7. The monoisotopic (exact) mass is 452 g/mol. The van der Waals surface area contributed by atoms with Crippen LogP contribution in [-0.4, -0.2) is 61.3 Å². The van der Waals surface area contributed by atoms with Crippen molar-refractivity contribution in [3.8, 4) is 12.0 Å². The average molecular weight is 452 g/mol. The number of hydrogen-bond acceptors (Lipinski definition) is 7. The molecule has 2 fully saturated rings. The molecule has 12 heteroatoms. The first kappa shape index (κ1) is 19.8. The molecule has 1 aromatic carbocycles. The van der Waals surface area contributed by atoms with Crippen LogP contribution in [0.4, 0.5) is 14.6 Å². The summed E-state index contributed by atoms with van der Waals surface area (Å²) in [6.45, 7) is 0.0601. The van der Waals surface area contributed by atoms with E-state index in [2.05, 4.69) is 26.0 Å². The molecule has 168 valence electrons. The number of anilines is 1. The van der Waals surface area contributed by atoms with Gasteiger partial charge in [-0.1, -0.05) is 0 Å². The van der Waals surface area contributed by atoms with Crippen LogP contribution in [0.25, 0.3) is 28.1 Å². The third kappa shape index (κ3) is 3.15. The Morgan fingerprint density at radius 3 is 2.73 bits per heavy atom. The Labute approximate surface area is 185 Å². The normalized spacial score (nSPS) is 18.5. The average Bonchev–Trinajstić information content (AvgIpc) is 3.37. The number of aromatic nitrogens is 6. The third-order valence-corrected chi connectivity index (χ3v) is 6.13. The maximum absolute atomic E-state index is 13.7. The number of ether oxygens (including phenoxy) is 1. The fraction of sp³-hybridized carbons (Fsp3) is 0.381. The SMILES string of the molecule is N#Cc1ccc2ncn(-c3nc(N4CC(F)(F)C4)c4[nH]c(=O)n(C5CCOCC5)c4n3)c2c1. The number of H-pyrrole nitrogens is 1. The van der Waals surface area contributed by atoms with E-state index in [1.54, 1.807) is 27.3 Å². The summed E-state index contributed by atoms with van der Waals surface area (Å²) in [5.41, 5.74) is 1.98. The van der Waals surface area contributed by atoms with E-state index in [1.165, 1.54) is 11.2 Å². The highest BCUT2D eigenvalue weighted by molar-refractivity contribution is 5.86. The van der Waals surface area contributed by atoms with E-state index in [1.807, 2.05) is 0 Å². The second-order valence-corrected chi connectivity index (χ2v) is 8.33. The number of rotatable bonds is 3. The molecule has 4 aromatic rings. The zero-order valence-corrected chi connectivity index (χ0v) is 17.3. The molecule has 6 rings (SSSR count). The predicted molar refractivity (Wildman–Crippen MR) is 114 cm³/mol. The molecule has 2 aliphatic heterocycles. The predicted octanol–water partition coefficient (Wildman–Crippen LogP) is 2.14. The van der Waals surface area contributed by atoms with Crippen LogP contribution >= 0.6 is 0 Å². The van der Waals surface area contributed by atoms with Crippen molar-refractivity contribution in [2.45, 2.75) is 24.8 Å². The molecule has 2 saturated heterocycles. The van der Waals surface area contributed by atoms with Crippen molar-refractivity contribution in [3.63, 3.8) is 0 Å². The fourth-order valence-electron chi connectivity index (χ4n) is 4.49. The van der Waals surface area contributed by atoms with Crippen molar-refractivity contribution in [3.05, 3.63) is 40.6 Å². The zero-order valence-electron chi connectivity index (χ0n) is 17.3. The van der Waals surface area contributed by atoms with Crippen LogP contribution in [0.3, 0.4) is 0 Å². The summed E-state index contributed by atoms with van der Waals surface area (Å²) < 4.78 is 36.0. The lowest BCUT2D eigenvalue weighted by Crippen LogP contribution is -2.56. The Morgan fingerprint density at radius 1 is 1.21 bits per heavy atom. The fourth-order valence-corrected chi connectivity index (χ4v) is 4.49. The van der Waals surface area contributed by atoms with Gasteiger partial charge in [-0.3, -0.25) is 9.13 Å². The molecular weight excluding hydrogens is 434 g/mol. The van der Waals surface area contributed by atoms with Gasteiger partial charge in [0.15, 0.2) is 11.5 Å². The number of benzene rings is 1. The summed E-state index contributed by atoms with van der Waals surface area (Å²) >= 11 is 0. The molecule has 0 saturated carbocycles. The van der Waals surface area contributed by atoms with Crippen LogP contribution in [-0.2, 0) is 4.74 Å². The lowest BCUT2D eigenvalue weighted by molar-refractivity contribution is -0.0265. The van der Waals surface area contributed by atoms with Gasteiger partial charge in [0.1, 0.15) is 11.8 Å². The topological polar surface area (TPSA) is 118 Å². The molecular formula is C21H18F2N8O2. The van der Waals surface area contributed by atoms with E-state index < -0.39 is 19.0 Å². The number of alkyl halides is 2. The van der Waals surface area contributed by atoms with Gasteiger partial charge < -0.3 is 14.6 Å². The molecule has 0 aliphatic carbocycles. The molecule has 0 unspecified atom stereocenters. The van der Waals surface area contributed by atoms with Crippen molar-refractivity contribution in [1.29, 1.82) is 5.26 Å². The first-order chi connectivity index (χ1) is 15.9. The highest BCUT2D eigenvalue weighted by Crippen LogP contribution is 2.35. The maximum atomic E-state index is 13.7. The number of fused-ring (bicyclic) bond motifs is 2. The van der Waals surface area contributed by atoms with Gasteiger partial charge in [-0.15, -0.1) is 0 Å². The number of halogens is 2. The lowest BCUT2D eigenvalue weighted by atomic mass is 10.1. The molecule has 10 nitrogen and oxygen atoms in total. The van der Waals surface area contributed by atoms with Crippen LogP contribution in [0.5, 0.6) is 0 Å². The quantitative estimate of drug-likeness (QED) is 0.506. The lowest BCUT2D eigenvalue weighted by Gasteiger charge is -2.39. The summed E-state index contributed by atoms with van der Waals surface area (Å²) in [6, 6.07) is 7.01. The summed E-state index contributed by atoms with van der Waals surface area (Å²) in [6.07, 6.45) is 2.80. The molecule has 0 atom stereocenters. The summed E-state index contributed by atoms with van der Waals surface area (Å²) in [5.74, 6) is -2.39. The Morgan fingerprint density at radius 2 is 2.00 bits per heavy atom. The van der Waals surface area contributed by atoms with Crippen LogP contribution in [0, 0.1) is 11.3 Å². The minimum absolute atomic E-state index is 0.127. The summed E-state index contributed by atoms with van der Waals surface area (Å²) in [4.78, 5) is 30.7. The second kappa shape index (κ2) is 7.08. The van der Waals surface area contributed by atoms with E-state index in [4.69, 9.17) is 4.74 Å². The molecule has 0 spiro atoms. The summed E-state index contributed by atoms with van der Waals surface area (Å²) in [7, 11) is 0. The van der Waals surface area contributed by atoms with Crippen LogP contribution < -0.4 is 10.6 Å². The van der Waals surface area contributed by atoms with E-state index >= 15 is 0 Å². The van der Waals surface area contributed by atoms with E-state index in [0.717, 1.165) is 0 Å². The number of aromatic amines is 1. The molecule has 0 radical (unpaired) electrons. The van der Waals surface area contributed by atoms with Gasteiger partial charge in [-0.2, -0.15) is 15.2 Å². The van der Waals surface area contributed by atoms with Crippen LogP contribution in [0.1, 0.15) is 24.4 Å². The standard InChI is InChI=1S/C21H18F2N8O2/c22-21(23)9-29(10-21)17-16-18(31(20(32)26-16)13-3-5-33-6-4-13)28-19(27-17)30-11-25-14-2-1-12(8-24)7-15(14)30/h1-2,7,11,13H,3-6,9-10H2,(H,26,32). The molecule has 0 amide bonds. The highest BCUT2D eigenvalue weighted by atomic mass is 19.3. The number of hydrogen-bond donors (Lipinski definition) is 1. The minimum Gasteiger partial charge on any atom is -0.381 e. The number of nitrogens with one attached hydrogen (secondary N) is 1. The van der Waals surface area contributed by atoms with Gasteiger partial charge in [-0.05, 0) is 31.0 Å². The van der Waals surface area contributed by atoms with Crippen molar-refractivity contribution in [2.24, 2.45) is 0 Å². The smallest absolute Gasteiger partial charge is 0.328 e. The highest BCUT2D eigenvalue weighted by Gasteiger charge is 2.45. The van der Waals surface area contributed by atoms with E-state index in [9.17, 15) is 18.8 Å². The molecule has 2 aliphatic rings. The van der Waals surface area contributed by atoms with Gasteiger partial charge in [0, 0.05) is 19.3 Å². The summed E-state index contributed by atoms with van der Waals surface area (Å²) in [5, 5.41) is 9.29. The number of imidazole rings is 2. The molecule has 1 N–H and O–H groups in total. The largest absolute Gasteiger partial charge is 0.381 e. The van der Waals surface area contributed by atoms with Crippen molar-refractivity contribution in [2.75, 3.05) is 31.2 Å². The molecule has 33 heavy (non-hydrogen) atoms.